The van der Waals surface area contributed by atoms with Crippen molar-refractivity contribution >= 4 is 0 Å². The molecule has 0 fully saturated rings. The maximum Gasteiger partial charge on any atom is 0.272 e. The lowest BCUT2D eigenvalue weighted by Gasteiger charge is -2.26. The maximum absolute atomic E-state index is 5.59. The molecule has 0 amide bonds. The molecule has 13 heavy (non-hydrogen) atoms. The fraction of sp³-hybridized carbons (Fsp3) is 0.600. The van der Waals surface area contributed by atoms with Gasteiger partial charge >= 0.3 is 0 Å². The first-order valence-electron chi connectivity index (χ1n) is 4.69. The highest BCUT2D eigenvalue weighted by Gasteiger charge is 2.47. The molecule has 3 heteroatoms. The second-order valence-electron chi connectivity index (χ2n) is 3.04. The van der Waals surface area contributed by atoms with Gasteiger partial charge in [-0.1, -0.05) is 0 Å². The summed E-state index contributed by atoms with van der Waals surface area (Å²) in [5.41, 5.74) is 0. The number of allylic oxidation sites excluding steroid dienone is 1. The van der Waals surface area contributed by atoms with E-state index in [-0.39, 0.29) is 0 Å². The summed E-state index contributed by atoms with van der Waals surface area (Å²) >= 11 is 0. The normalized spacial score (nSPS) is 29.7. The minimum atomic E-state index is -0.625. The van der Waals surface area contributed by atoms with Gasteiger partial charge in [-0.3, -0.25) is 0 Å². The Balaban J connectivity index is 2.16. The van der Waals surface area contributed by atoms with E-state index in [0.29, 0.717) is 13.2 Å². The van der Waals surface area contributed by atoms with E-state index < -0.39 is 5.79 Å². The van der Waals surface area contributed by atoms with Crippen LogP contribution in [0.15, 0.2) is 23.7 Å². The predicted octanol–water partition coefficient (Wildman–Crippen LogP) is 1.96. The zero-order valence-electron chi connectivity index (χ0n) is 8.00. The van der Waals surface area contributed by atoms with Crippen LogP contribution in [0.2, 0.25) is 0 Å². The number of ether oxygens (including phenoxy) is 3. The van der Waals surface area contributed by atoms with Crippen LogP contribution in [-0.4, -0.2) is 19.0 Å². The molecule has 0 aromatic heterocycles. The van der Waals surface area contributed by atoms with Gasteiger partial charge in [-0.15, -0.1) is 0 Å². The summed E-state index contributed by atoms with van der Waals surface area (Å²) in [6.45, 7) is 5.20. The van der Waals surface area contributed by atoms with Crippen LogP contribution < -0.4 is 0 Å². The Hall–Kier alpha value is -0.960. The molecule has 0 spiro atoms. The van der Waals surface area contributed by atoms with Crippen molar-refractivity contribution < 1.29 is 14.2 Å². The highest BCUT2D eigenvalue weighted by Crippen LogP contribution is 2.43. The molecule has 2 bridgehead atoms. The van der Waals surface area contributed by atoms with E-state index in [4.69, 9.17) is 14.2 Å². The van der Waals surface area contributed by atoms with Gasteiger partial charge in [0.1, 0.15) is 5.76 Å². The standard InChI is InChI=1S/C10H14O3/c1-3-11-9-7-8-5-6-10(9,13-8)12-4-2/h5,7H,3-4,6H2,1-2H3. The SMILES string of the molecule is CCOC1=CC2=CCC1(OCC)O2. The molecule has 72 valence electrons. The van der Waals surface area contributed by atoms with E-state index >= 15 is 0 Å². The highest BCUT2D eigenvalue weighted by atomic mass is 16.7. The van der Waals surface area contributed by atoms with E-state index in [1.165, 1.54) is 0 Å². The van der Waals surface area contributed by atoms with E-state index in [0.717, 1.165) is 17.9 Å². The van der Waals surface area contributed by atoms with Crippen molar-refractivity contribution in [3.63, 3.8) is 0 Å². The van der Waals surface area contributed by atoms with Crippen LogP contribution in [0.3, 0.4) is 0 Å². The highest BCUT2D eigenvalue weighted by molar-refractivity contribution is 5.34. The molecule has 2 aliphatic rings. The minimum Gasteiger partial charge on any atom is -0.491 e. The molecule has 0 saturated heterocycles. The first kappa shape index (κ1) is 8.63. The molecule has 2 aliphatic heterocycles. The smallest absolute Gasteiger partial charge is 0.272 e. The lowest BCUT2D eigenvalue weighted by atomic mass is 10.1. The molecule has 1 atom stereocenters. The van der Waals surface area contributed by atoms with Crippen molar-refractivity contribution in [1.29, 1.82) is 0 Å². The Kier molecular flexibility index (Phi) is 2.04. The molecule has 3 nitrogen and oxygen atoms in total. The van der Waals surface area contributed by atoms with Gasteiger partial charge in [-0.2, -0.15) is 0 Å². The Labute approximate surface area is 78.0 Å². The minimum absolute atomic E-state index is 0.625. The van der Waals surface area contributed by atoms with Gasteiger partial charge in [0.2, 0.25) is 0 Å². The second-order valence-corrected chi connectivity index (χ2v) is 3.04. The van der Waals surface area contributed by atoms with Crippen molar-refractivity contribution in [2.24, 2.45) is 0 Å². The van der Waals surface area contributed by atoms with Crippen LogP contribution in [0.4, 0.5) is 0 Å². The summed E-state index contributed by atoms with van der Waals surface area (Å²) in [4.78, 5) is 0. The Morgan fingerprint density at radius 1 is 1.46 bits per heavy atom. The Morgan fingerprint density at radius 3 is 2.92 bits per heavy atom. The third-order valence-corrected chi connectivity index (χ3v) is 2.18. The van der Waals surface area contributed by atoms with Crippen LogP contribution in [0.25, 0.3) is 0 Å². The average molecular weight is 182 g/mol. The Morgan fingerprint density at radius 2 is 2.31 bits per heavy atom. The summed E-state index contributed by atoms with van der Waals surface area (Å²) in [7, 11) is 0. The first-order valence-corrected chi connectivity index (χ1v) is 4.69. The van der Waals surface area contributed by atoms with E-state index in [1.54, 1.807) is 0 Å². The predicted molar refractivity (Wildman–Crippen MR) is 47.9 cm³/mol. The fourth-order valence-corrected chi connectivity index (χ4v) is 1.69. The van der Waals surface area contributed by atoms with Crippen LogP contribution in [-0.2, 0) is 14.2 Å². The fourth-order valence-electron chi connectivity index (χ4n) is 1.69. The molecule has 0 saturated carbocycles. The molecule has 1 unspecified atom stereocenters. The number of fused-ring (bicyclic) bond motifs is 2. The van der Waals surface area contributed by atoms with E-state index in [1.807, 2.05) is 26.0 Å². The third kappa shape index (κ3) is 1.23. The van der Waals surface area contributed by atoms with Crippen molar-refractivity contribution in [1.82, 2.24) is 0 Å². The largest absolute Gasteiger partial charge is 0.491 e. The van der Waals surface area contributed by atoms with E-state index in [9.17, 15) is 0 Å². The number of hydrogen-bond donors (Lipinski definition) is 0. The summed E-state index contributed by atoms with van der Waals surface area (Å²) in [5.74, 6) is 1.06. The van der Waals surface area contributed by atoms with E-state index in [2.05, 4.69) is 0 Å². The zero-order valence-corrected chi connectivity index (χ0v) is 8.00. The second kappa shape index (κ2) is 3.07. The monoisotopic (exact) mass is 182 g/mol. The summed E-state index contributed by atoms with van der Waals surface area (Å²) in [5, 5.41) is 0. The van der Waals surface area contributed by atoms with Gasteiger partial charge in [-0.05, 0) is 19.9 Å². The van der Waals surface area contributed by atoms with Gasteiger partial charge < -0.3 is 14.2 Å². The third-order valence-electron chi connectivity index (χ3n) is 2.18. The summed E-state index contributed by atoms with van der Waals surface area (Å²) in [6, 6.07) is 0. The van der Waals surface area contributed by atoms with Crippen molar-refractivity contribution in [2.75, 3.05) is 13.2 Å². The molecular weight excluding hydrogens is 168 g/mol. The lowest BCUT2D eigenvalue weighted by Crippen LogP contribution is -2.33. The van der Waals surface area contributed by atoms with Crippen LogP contribution in [0.5, 0.6) is 0 Å². The summed E-state index contributed by atoms with van der Waals surface area (Å²) in [6.07, 6.45) is 4.70. The van der Waals surface area contributed by atoms with Crippen LogP contribution in [0, 0.1) is 0 Å². The summed E-state index contributed by atoms with van der Waals surface area (Å²) < 4.78 is 16.6. The lowest BCUT2D eigenvalue weighted by molar-refractivity contribution is -0.182. The molecule has 0 radical (unpaired) electrons. The molecular formula is C10H14O3. The first-order chi connectivity index (χ1) is 6.30. The molecule has 2 heterocycles. The van der Waals surface area contributed by atoms with Crippen molar-refractivity contribution in [3.05, 3.63) is 23.7 Å². The molecule has 2 rings (SSSR count). The molecule has 0 N–H and O–H groups in total. The Bertz CT molecular complexity index is 267. The topological polar surface area (TPSA) is 27.7 Å². The van der Waals surface area contributed by atoms with Crippen LogP contribution in [0.1, 0.15) is 20.3 Å². The number of rotatable bonds is 4. The van der Waals surface area contributed by atoms with Gasteiger partial charge in [0.05, 0.1) is 6.61 Å². The maximum atomic E-state index is 5.59. The number of hydrogen-bond acceptors (Lipinski definition) is 3. The molecule has 0 aromatic rings. The van der Waals surface area contributed by atoms with Gasteiger partial charge in [0.25, 0.3) is 5.79 Å². The van der Waals surface area contributed by atoms with Gasteiger partial charge in [0.15, 0.2) is 5.76 Å². The van der Waals surface area contributed by atoms with Crippen molar-refractivity contribution in [3.8, 4) is 0 Å². The van der Waals surface area contributed by atoms with Crippen molar-refractivity contribution in [2.45, 2.75) is 26.1 Å². The zero-order chi connectivity index (χ0) is 9.31. The quantitative estimate of drug-likeness (QED) is 0.665. The molecule has 0 aliphatic carbocycles. The van der Waals surface area contributed by atoms with Gasteiger partial charge in [0, 0.05) is 19.1 Å². The molecule has 0 aromatic carbocycles. The average Bonchev–Trinajstić information content (AvgIpc) is 2.63. The van der Waals surface area contributed by atoms with Gasteiger partial charge in [-0.25, -0.2) is 0 Å². The van der Waals surface area contributed by atoms with Crippen LogP contribution >= 0.6 is 0 Å².